The van der Waals surface area contributed by atoms with Crippen LogP contribution in [0.25, 0.3) is 0 Å². The smallest absolute Gasteiger partial charge is 0.290 e. The van der Waals surface area contributed by atoms with Crippen molar-refractivity contribution in [2.75, 3.05) is 20.1 Å². The Morgan fingerprint density at radius 2 is 1.73 bits per heavy atom. The number of hydrogen-bond donors (Lipinski definition) is 1. The van der Waals surface area contributed by atoms with Crippen LogP contribution in [0.3, 0.4) is 0 Å². The van der Waals surface area contributed by atoms with Crippen molar-refractivity contribution in [3.63, 3.8) is 0 Å². The molecular weight excluding hydrogens is 390 g/mol. The Morgan fingerprint density at radius 1 is 1.10 bits per heavy atom. The number of rotatable bonds is 6. The predicted molar refractivity (Wildman–Crippen MR) is 132 cm³/mol. The first-order valence-corrected chi connectivity index (χ1v) is 10.9. The van der Waals surface area contributed by atoms with Crippen molar-refractivity contribution in [3.8, 4) is 5.75 Å². The van der Waals surface area contributed by atoms with Gasteiger partial charge < -0.3 is 15.4 Å². The van der Waals surface area contributed by atoms with Crippen LogP contribution < -0.4 is 10.5 Å². The average molecular weight is 426 g/mol. The molecule has 0 heterocycles. The van der Waals surface area contributed by atoms with Gasteiger partial charge in [-0.05, 0) is 79.8 Å². The van der Waals surface area contributed by atoms with Gasteiger partial charge in [0.2, 0.25) is 0 Å². The maximum absolute atomic E-state index is 6.16. The minimum absolute atomic E-state index is 0.0936. The summed E-state index contributed by atoms with van der Waals surface area (Å²) < 4.78 is 5.85. The molecule has 0 bridgehead atoms. The fourth-order valence-corrected chi connectivity index (χ4v) is 3.31. The van der Waals surface area contributed by atoms with Gasteiger partial charge in [-0.1, -0.05) is 58.0 Å². The van der Waals surface area contributed by atoms with E-state index in [1.54, 1.807) is 0 Å². The number of nitrogens with zero attached hydrogens (tertiary/aromatic N) is 2. The molecule has 0 aliphatic rings. The first-order valence-electron chi connectivity index (χ1n) is 10.5. The molecule has 0 atom stereocenters. The van der Waals surface area contributed by atoms with E-state index in [-0.39, 0.29) is 10.6 Å². The van der Waals surface area contributed by atoms with Crippen molar-refractivity contribution in [1.82, 2.24) is 4.90 Å². The third-order valence-corrected chi connectivity index (χ3v) is 5.57. The number of hydrogen-bond acceptors (Lipinski definition) is 3. The first-order chi connectivity index (χ1) is 14.0. The maximum Gasteiger partial charge on any atom is 0.290 e. The van der Waals surface area contributed by atoms with Crippen LogP contribution in [0.4, 0.5) is 0 Å². The van der Waals surface area contributed by atoms with Crippen molar-refractivity contribution in [2.24, 2.45) is 10.7 Å². The van der Waals surface area contributed by atoms with Crippen molar-refractivity contribution >= 4 is 23.2 Å². The van der Waals surface area contributed by atoms with Crippen LogP contribution in [0.1, 0.15) is 55.5 Å². The first kappa shape index (κ1) is 24.0. The number of ether oxygens (including phenoxy) is 1. The van der Waals surface area contributed by atoms with Gasteiger partial charge in [0.05, 0.1) is 0 Å². The minimum atomic E-state index is 0.0936. The van der Waals surface area contributed by atoms with Crippen LogP contribution >= 0.6 is 12.2 Å². The summed E-state index contributed by atoms with van der Waals surface area (Å²) in [4.78, 5) is 6.60. The molecule has 162 valence electrons. The highest BCUT2D eigenvalue weighted by Gasteiger charge is 2.14. The highest BCUT2D eigenvalue weighted by Crippen LogP contribution is 2.24. The van der Waals surface area contributed by atoms with E-state index in [1.807, 2.05) is 25.1 Å². The topological polar surface area (TPSA) is 50.8 Å². The molecular formula is C25H35N3OS. The molecule has 2 aromatic rings. The van der Waals surface area contributed by atoms with E-state index in [1.165, 1.54) is 16.7 Å². The van der Waals surface area contributed by atoms with Gasteiger partial charge in [0.1, 0.15) is 11.6 Å². The van der Waals surface area contributed by atoms with Gasteiger partial charge in [0.15, 0.2) is 0 Å². The molecule has 0 aromatic heterocycles. The Balaban J connectivity index is 2.10. The minimum Gasteiger partial charge on any atom is -0.430 e. The molecule has 4 nitrogen and oxygen atoms in total. The Labute approximate surface area is 187 Å². The van der Waals surface area contributed by atoms with Gasteiger partial charge in [-0.25, -0.2) is 0 Å². The molecule has 0 aliphatic carbocycles. The third kappa shape index (κ3) is 6.64. The van der Waals surface area contributed by atoms with E-state index in [0.717, 1.165) is 36.4 Å². The van der Waals surface area contributed by atoms with Crippen molar-refractivity contribution in [1.29, 1.82) is 0 Å². The predicted octanol–water partition coefficient (Wildman–Crippen LogP) is 5.16. The standard InChI is InChI=1S/C25H35N3OS/c1-8-28(7)14-13-20-15-18(3)22(16-17(20)2)29-24(30)27-23(26)19-9-11-21(12-10-19)25(4,5)6/h9-12,15-16H,8,13-14H2,1-7H3,(H2,26,27,30). The van der Waals surface area contributed by atoms with E-state index in [9.17, 15) is 0 Å². The Hall–Kier alpha value is -2.24. The fourth-order valence-electron chi connectivity index (χ4n) is 3.12. The molecule has 2 rings (SSSR count). The van der Waals surface area contributed by atoms with E-state index >= 15 is 0 Å². The molecule has 0 fully saturated rings. The lowest BCUT2D eigenvalue weighted by molar-refractivity contribution is 0.357. The molecule has 0 amide bonds. The van der Waals surface area contributed by atoms with Crippen LogP contribution in [0.2, 0.25) is 0 Å². The second kappa shape index (κ2) is 10.2. The van der Waals surface area contributed by atoms with Crippen LogP contribution in [0.15, 0.2) is 41.4 Å². The summed E-state index contributed by atoms with van der Waals surface area (Å²) in [5.41, 5.74) is 11.9. The highest BCUT2D eigenvalue weighted by atomic mass is 32.1. The molecule has 0 aliphatic heterocycles. The largest absolute Gasteiger partial charge is 0.430 e. The van der Waals surface area contributed by atoms with E-state index < -0.39 is 0 Å². The van der Waals surface area contributed by atoms with Gasteiger partial charge >= 0.3 is 0 Å². The van der Waals surface area contributed by atoms with Crippen molar-refractivity contribution < 1.29 is 4.74 Å². The zero-order chi connectivity index (χ0) is 22.5. The number of aliphatic imine (C=N–C) groups is 1. The van der Waals surface area contributed by atoms with Crippen LogP contribution in [-0.4, -0.2) is 36.0 Å². The maximum atomic E-state index is 6.16. The van der Waals surface area contributed by atoms with Gasteiger partial charge in [-0.3, -0.25) is 0 Å². The molecule has 0 saturated carbocycles. The number of amidine groups is 1. The lowest BCUT2D eigenvalue weighted by Crippen LogP contribution is -2.20. The molecule has 0 radical (unpaired) electrons. The second-order valence-corrected chi connectivity index (χ2v) is 9.23. The van der Waals surface area contributed by atoms with Crippen LogP contribution in [0.5, 0.6) is 5.75 Å². The zero-order valence-electron chi connectivity index (χ0n) is 19.4. The summed E-state index contributed by atoms with van der Waals surface area (Å²) in [6, 6.07) is 12.3. The number of nitrogens with two attached hydrogens (primary N) is 1. The summed E-state index contributed by atoms with van der Waals surface area (Å²) in [5, 5.41) is 0.119. The fraction of sp³-hybridized carbons (Fsp3) is 0.440. The summed E-state index contributed by atoms with van der Waals surface area (Å²) in [5.74, 6) is 1.08. The van der Waals surface area contributed by atoms with Crippen molar-refractivity contribution in [3.05, 3.63) is 64.2 Å². The Bertz CT molecular complexity index is 911. The number of aryl methyl sites for hydroxylation is 2. The SMILES string of the molecule is CCN(C)CCc1cc(C)c(OC(=S)N=C(N)c2ccc(C(C)(C)C)cc2)cc1C. The second-order valence-electron chi connectivity index (χ2n) is 8.88. The summed E-state index contributed by atoms with van der Waals surface area (Å²) in [6.07, 6.45) is 1.01. The van der Waals surface area contributed by atoms with E-state index in [2.05, 4.69) is 69.8 Å². The van der Waals surface area contributed by atoms with Gasteiger partial charge in [-0.15, -0.1) is 0 Å². The molecule has 2 N–H and O–H groups in total. The third-order valence-electron chi connectivity index (χ3n) is 5.39. The van der Waals surface area contributed by atoms with Gasteiger partial charge in [-0.2, -0.15) is 4.99 Å². The lowest BCUT2D eigenvalue weighted by atomic mass is 9.87. The molecule has 0 unspecified atom stereocenters. The van der Waals surface area contributed by atoms with E-state index in [0.29, 0.717) is 5.84 Å². The number of likely N-dealkylation sites (N-methyl/N-ethyl adjacent to an activating group) is 1. The molecule has 0 saturated heterocycles. The quantitative estimate of drug-likeness (QED) is 0.394. The highest BCUT2D eigenvalue weighted by molar-refractivity contribution is 7.80. The summed E-state index contributed by atoms with van der Waals surface area (Å²) in [6.45, 7) is 14.9. The van der Waals surface area contributed by atoms with Gasteiger partial charge in [0.25, 0.3) is 5.17 Å². The zero-order valence-corrected chi connectivity index (χ0v) is 20.2. The number of benzene rings is 2. The van der Waals surface area contributed by atoms with Gasteiger partial charge in [0, 0.05) is 12.1 Å². The Kier molecular flexibility index (Phi) is 8.16. The molecule has 0 spiro atoms. The van der Waals surface area contributed by atoms with Crippen LogP contribution in [0, 0.1) is 13.8 Å². The van der Waals surface area contributed by atoms with E-state index in [4.69, 9.17) is 22.7 Å². The Morgan fingerprint density at radius 3 is 2.30 bits per heavy atom. The molecule has 30 heavy (non-hydrogen) atoms. The molecule has 2 aromatic carbocycles. The monoisotopic (exact) mass is 425 g/mol. The van der Waals surface area contributed by atoms with Crippen LogP contribution in [-0.2, 0) is 11.8 Å². The lowest BCUT2D eigenvalue weighted by Gasteiger charge is -2.19. The number of thiocarbonyl (C=S) groups is 1. The normalized spacial score (nSPS) is 12.3. The average Bonchev–Trinajstić information content (AvgIpc) is 2.68. The van der Waals surface area contributed by atoms with Crippen molar-refractivity contribution in [2.45, 2.75) is 53.4 Å². The summed E-state index contributed by atoms with van der Waals surface area (Å²) >= 11 is 5.34. The summed E-state index contributed by atoms with van der Waals surface area (Å²) in [7, 11) is 2.14. The molecule has 5 heteroatoms.